The molecule has 0 unspecified atom stereocenters. The molecule has 1 N–H and O–H groups in total. The number of benzene rings is 1. The van der Waals surface area contributed by atoms with Crippen molar-refractivity contribution in [3.8, 4) is 0 Å². The van der Waals surface area contributed by atoms with Crippen LogP contribution in [0.15, 0.2) is 43.0 Å². The van der Waals surface area contributed by atoms with Crippen LogP contribution in [-0.4, -0.2) is 53.6 Å². The lowest BCUT2D eigenvalue weighted by atomic mass is 9.83. The van der Waals surface area contributed by atoms with E-state index in [4.69, 9.17) is 0 Å². The van der Waals surface area contributed by atoms with Crippen LogP contribution in [0.4, 0.5) is 0 Å². The minimum Gasteiger partial charge on any atom is -0.309 e. The van der Waals surface area contributed by atoms with E-state index in [0.717, 1.165) is 13.1 Å². The molecule has 0 aromatic heterocycles. The van der Waals surface area contributed by atoms with Crippen LogP contribution in [0.5, 0.6) is 0 Å². The number of nitrogens with zero attached hydrogens (tertiary/aromatic N) is 2. The van der Waals surface area contributed by atoms with Gasteiger partial charge in [-0.25, -0.2) is 0 Å². The number of rotatable bonds is 6. The Labute approximate surface area is 154 Å². The van der Waals surface area contributed by atoms with E-state index in [1.165, 1.54) is 50.9 Å². The number of likely N-dealkylation sites (tertiary alicyclic amines) is 2. The van der Waals surface area contributed by atoms with Gasteiger partial charge in [-0.15, -0.1) is 6.58 Å². The highest BCUT2D eigenvalue weighted by atomic mass is 15.2. The molecule has 2 saturated heterocycles. The molecule has 3 heteroatoms. The van der Waals surface area contributed by atoms with Gasteiger partial charge in [0.25, 0.3) is 0 Å². The van der Waals surface area contributed by atoms with Crippen LogP contribution < -0.4 is 5.32 Å². The van der Waals surface area contributed by atoms with Crippen molar-refractivity contribution in [2.75, 3.05) is 26.2 Å². The number of piperidine rings is 2. The van der Waals surface area contributed by atoms with E-state index >= 15 is 0 Å². The lowest BCUT2D eigenvalue weighted by Crippen LogP contribution is -2.63. The Hall–Kier alpha value is -1.16. The Balaban J connectivity index is 1.57. The smallest absolute Gasteiger partial charge is 0.0309 e. The van der Waals surface area contributed by atoms with Gasteiger partial charge in [0.1, 0.15) is 0 Å². The Morgan fingerprint density at radius 2 is 1.84 bits per heavy atom. The molecule has 0 bridgehead atoms. The summed E-state index contributed by atoms with van der Waals surface area (Å²) in [5.74, 6) is 0. The summed E-state index contributed by atoms with van der Waals surface area (Å²) in [6.45, 7) is 14.4. The van der Waals surface area contributed by atoms with Gasteiger partial charge >= 0.3 is 0 Å². The second-order valence-corrected chi connectivity index (χ2v) is 8.29. The lowest BCUT2D eigenvalue weighted by Gasteiger charge is -2.50. The second kappa shape index (κ2) is 8.48. The van der Waals surface area contributed by atoms with Crippen LogP contribution in [0.3, 0.4) is 0 Å². The van der Waals surface area contributed by atoms with Crippen molar-refractivity contribution >= 4 is 0 Å². The van der Waals surface area contributed by atoms with Crippen molar-refractivity contribution in [3.63, 3.8) is 0 Å². The second-order valence-electron chi connectivity index (χ2n) is 8.29. The summed E-state index contributed by atoms with van der Waals surface area (Å²) in [6.07, 6.45) is 7.14. The Morgan fingerprint density at radius 1 is 1.12 bits per heavy atom. The first-order valence-corrected chi connectivity index (χ1v) is 9.98. The van der Waals surface area contributed by atoms with Gasteiger partial charge in [-0.05, 0) is 64.7 Å². The first-order chi connectivity index (χ1) is 12.1. The molecule has 2 heterocycles. The van der Waals surface area contributed by atoms with Gasteiger partial charge in [-0.2, -0.15) is 0 Å². The molecule has 2 aliphatic rings. The van der Waals surface area contributed by atoms with Gasteiger partial charge in [0.2, 0.25) is 0 Å². The van der Waals surface area contributed by atoms with Crippen LogP contribution in [0, 0.1) is 0 Å². The van der Waals surface area contributed by atoms with E-state index in [-0.39, 0.29) is 5.54 Å². The van der Waals surface area contributed by atoms with E-state index in [1.54, 1.807) is 0 Å². The molecule has 2 fully saturated rings. The zero-order valence-electron chi connectivity index (χ0n) is 16.1. The molecule has 138 valence electrons. The maximum Gasteiger partial charge on any atom is 0.0309 e. The maximum absolute atomic E-state index is 4.03. The standard InChI is InChI=1S/C22H35N3/c1-4-14-24-16-12-20(13-17-24)23-21-11-8-15-25(22(21,2)3)18-19-9-6-5-7-10-19/h4-7,9-10,20-21,23H,1,8,11-18H2,2-3H3/t21-/m1/s1. The zero-order valence-corrected chi connectivity index (χ0v) is 16.1. The van der Waals surface area contributed by atoms with E-state index < -0.39 is 0 Å². The summed E-state index contributed by atoms with van der Waals surface area (Å²) < 4.78 is 0. The SMILES string of the molecule is C=CCN1CCC(N[C@@H]2CCCN(Cc3ccccc3)C2(C)C)CC1. The third kappa shape index (κ3) is 4.72. The molecule has 25 heavy (non-hydrogen) atoms. The Morgan fingerprint density at radius 3 is 2.52 bits per heavy atom. The molecule has 0 aliphatic carbocycles. The summed E-state index contributed by atoms with van der Waals surface area (Å²) in [7, 11) is 0. The average molecular weight is 342 g/mol. The molecular formula is C22H35N3. The van der Waals surface area contributed by atoms with Gasteiger partial charge < -0.3 is 5.32 Å². The summed E-state index contributed by atoms with van der Waals surface area (Å²) in [5.41, 5.74) is 1.63. The molecule has 1 aromatic carbocycles. The van der Waals surface area contributed by atoms with Gasteiger partial charge in [0.05, 0.1) is 0 Å². The third-order valence-corrected chi connectivity index (χ3v) is 6.22. The molecular weight excluding hydrogens is 306 g/mol. The normalized spacial score (nSPS) is 25.8. The molecule has 3 nitrogen and oxygen atoms in total. The quantitative estimate of drug-likeness (QED) is 0.797. The molecule has 0 saturated carbocycles. The summed E-state index contributed by atoms with van der Waals surface area (Å²) in [5, 5.41) is 4.03. The predicted octanol–water partition coefficient (Wildman–Crippen LogP) is 3.67. The molecule has 1 aromatic rings. The van der Waals surface area contributed by atoms with Crippen LogP contribution >= 0.6 is 0 Å². The van der Waals surface area contributed by atoms with Crippen molar-refractivity contribution in [1.82, 2.24) is 15.1 Å². The summed E-state index contributed by atoms with van der Waals surface area (Å²) in [6, 6.07) is 12.2. The van der Waals surface area contributed by atoms with Crippen molar-refractivity contribution in [1.29, 1.82) is 0 Å². The van der Waals surface area contributed by atoms with Crippen LogP contribution in [0.25, 0.3) is 0 Å². The van der Waals surface area contributed by atoms with Gasteiger partial charge in [0, 0.05) is 30.7 Å². The van der Waals surface area contributed by atoms with Gasteiger partial charge in [0.15, 0.2) is 0 Å². The predicted molar refractivity (Wildman–Crippen MR) is 107 cm³/mol. The Bertz CT molecular complexity index is 531. The number of nitrogens with one attached hydrogen (secondary N) is 1. The molecule has 1 atom stereocenters. The Kier molecular flexibility index (Phi) is 6.32. The minimum absolute atomic E-state index is 0.201. The molecule has 0 amide bonds. The van der Waals surface area contributed by atoms with E-state index in [9.17, 15) is 0 Å². The number of hydrogen-bond acceptors (Lipinski definition) is 3. The maximum atomic E-state index is 4.03. The first kappa shape index (κ1) is 18.6. The highest BCUT2D eigenvalue weighted by Gasteiger charge is 2.39. The first-order valence-electron chi connectivity index (χ1n) is 9.98. The van der Waals surface area contributed by atoms with E-state index in [1.807, 2.05) is 6.08 Å². The lowest BCUT2D eigenvalue weighted by molar-refractivity contribution is 0.0271. The largest absolute Gasteiger partial charge is 0.309 e. The third-order valence-electron chi connectivity index (χ3n) is 6.22. The van der Waals surface area contributed by atoms with Crippen molar-refractivity contribution in [3.05, 3.63) is 48.6 Å². The van der Waals surface area contributed by atoms with Crippen LogP contribution in [-0.2, 0) is 6.54 Å². The van der Waals surface area contributed by atoms with Crippen LogP contribution in [0.2, 0.25) is 0 Å². The average Bonchev–Trinajstić information content (AvgIpc) is 2.61. The fourth-order valence-electron chi connectivity index (χ4n) is 4.47. The van der Waals surface area contributed by atoms with Gasteiger partial charge in [-0.1, -0.05) is 36.4 Å². The van der Waals surface area contributed by atoms with Crippen molar-refractivity contribution in [2.45, 2.75) is 63.7 Å². The topological polar surface area (TPSA) is 18.5 Å². The molecule has 0 spiro atoms. The monoisotopic (exact) mass is 341 g/mol. The molecule has 3 rings (SSSR count). The summed E-state index contributed by atoms with van der Waals surface area (Å²) >= 11 is 0. The zero-order chi connectivity index (χ0) is 17.7. The van der Waals surface area contributed by atoms with E-state index in [0.29, 0.717) is 12.1 Å². The molecule has 2 aliphatic heterocycles. The van der Waals surface area contributed by atoms with Crippen molar-refractivity contribution < 1.29 is 0 Å². The van der Waals surface area contributed by atoms with E-state index in [2.05, 4.69) is 65.9 Å². The van der Waals surface area contributed by atoms with Gasteiger partial charge in [-0.3, -0.25) is 9.80 Å². The highest BCUT2D eigenvalue weighted by Crippen LogP contribution is 2.30. The molecule has 0 radical (unpaired) electrons. The highest BCUT2D eigenvalue weighted by molar-refractivity contribution is 5.15. The minimum atomic E-state index is 0.201. The van der Waals surface area contributed by atoms with Crippen molar-refractivity contribution in [2.24, 2.45) is 0 Å². The fourth-order valence-corrected chi connectivity index (χ4v) is 4.47. The van der Waals surface area contributed by atoms with Crippen LogP contribution in [0.1, 0.15) is 45.1 Å². The number of hydrogen-bond donors (Lipinski definition) is 1. The fraction of sp³-hybridized carbons (Fsp3) is 0.636. The summed E-state index contributed by atoms with van der Waals surface area (Å²) in [4.78, 5) is 5.19.